The van der Waals surface area contributed by atoms with Crippen LogP contribution in [0.5, 0.6) is 0 Å². The number of hydrogen-bond donors (Lipinski definition) is 0. The van der Waals surface area contributed by atoms with Gasteiger partial charge in [-0.25, -0.2) is 0 Å². The first kappa shape index (κ1) is 4.76. The van der Waals surface area contributed by atoms with Gasteiger partial charge in [-0.2, -0.15) is 0 Å². The van der Waals surface area contributed by atoms with Crippen molar-refractivity contribution in [3.8, 4) is 0 Å². The maximum atomic E-state index is 2.65. The summed E-state index contributed by atoms with van der Waals surface area (Å²) in [5.74, 6) is 4.44. The molecule has 1 radical (unpaired) electrons. The van der Waals surface area contributed by atoms with Crippen LogP contribution >= 0.6 is 0 Å². The molecule has 4 saturated carbocycles. The lowest BCUT2D eigenvalue weighted by Crippen LogP contribution is -2.12. The Labute approximate surface area is 56.6 Å². The highest BCUT2D eigenvalue weighted by Gasteiger charge is 2.47. The Morgan fingerprint density at radius 3 is 2.67 bits per heavy atom. The minimum atomic E-state index is 1.06. The molecular formula is C9H13. The number of rotatable bonds is 0. The van der Waals surface area contributed by atoms with Gasteiger partial charge in [0.2, 0.25) is 0 Å². The molecule has 0 amide bonds. The standard InChI is InChI=1S/C9H13/c1-6-2-8-4-7(1)5-9(8)3-6/h2,6-9H,1,3-5H2. The minimum absolute atomic E-state index is 1.06. The molecule has 4 atom stereocenters. The van der Waals surface area contributed by atoms with Crippen molar-refractivity contribution in [2.45, 2.75) is 25.7 Å². The lowest BCUT2D eigenvalue weighted by atomic mass is 9.82. The van der Waals surface area contributed by atoms with Crippen molar-refractivity contribution in [2.75, 3.05) is 0 Å². The predicted octanol–water partition coefficient (Wildman–Crippen LogP) is 2.26. The topological polar surface area (TPSA) is 0 Å². The first-order valence-corrected chi connectivity index (χ1v) is 4.27. The van der Waals surface area contributed by atoms with E-state index in [1.54, 1.807) is 25.7 Å². The van der Waals surface area contributed by atoms with E-state index >= 15 is 0 Å². The average Bonchev–Trinajstić information content (AvgIpc) is 2.20. The minimum Gasteiger partial charge on any atom is -0.0473 e. The zero-order valence-electron chi connectivity index (χ0n) is 5.72. The van der Waals surface area contributed by atoms with Crippen molar-refractivity contribution in [3.63, 3.8) is 0 Å². The van der Waals surface area contributed by atoms with Gasteiger partial charge in [-0.05, 0) is 55.8 Å². The van der Waals surface area contributed by atoms with Crippen LogP contribution in [0, 0.1) is 30.1 Å². The SMILES string of the molecule is [CH]1C2CC3CC1C(C2)C3. The summed E-state index contributed by atoms with van der Waals surface area (Å²) in [6, 6.07) is 0. The quantitative estimate of drug-likeness (QED) is 0.461. The van der Waals surface area contributed by atoms with Crippen LogP contribution in [0.2, 0.25) is 0 Å². The maximum absolute atomic E-state index is 2.65. The second kappa shape index (κ2) is 1.36. The summed E-state index contributed by atoms with van der Waals surface area (Å²) in [6.45, 7) is 0. The molecule has 0 saturated heterocycles. The monoisotopic (exact) mass is 121 g/mol. The molecule has 4 unspecified atom stereocenters. The normalized spacial score (nSPS) is 61.3. The summed E-state index contributed by atoms with van der Waals surface area (Å²) in [4.78, 5) is 0. The molecule has 4 aliphatic carbocycles. The highest BCUT2D eigenvalue weighted by molar-refractivity contribution is 5.07. The fourth-order valence-corrected chi connectivity index (χ4v) is 3.40. The molecular weight excluding hydrogens is 108 g/mol. The molecule has 9 heavy (non-hydrogen) atoms. The van der Waals surface area contributed by atoms with Gasteiger partial charge >= 0.3 is 0 Å². The molecule has 0 heteroatoms. The van der Waals surface area contributed by atoms with E-state index in [2.05, 4.69) is 6.42 Å². The van der Waals surface area contributed by atoms with Gasteiger partial charge < -0.3 is 0 Å². The predicted molar refractivity (Wildman–Crippen MR) is 36.7 cm³/mol. The Morgan fingerprint density at radius 1 is 1.00 bits per heavy atom. The molecule has 4 fully saturated rings. The van der Waals surface area contributed by atoms with E-state index in [4.69, 9.17) is 0 Å². The van der Waals surface area contributed by atoms with Crippen molar-refractivity contribution < 1.29 is 0 Å². The molecule has 4 aliphatic rings. The van der Waals surface area contributed by atoms with Crippen molar-refractivity contribution in [1.29, 1.82) is 0 Å². The van der Waals surface area contributed by atoms with E-state index in [0.717, 1.165) is 23.7 Å². The van der Waals surface area contributed by atoms with Crippen LogP contribution in [0.4, 0.5) is 0 Å². The van der Waals surface area contributed by atoms with Gasteiger partial charge in [-0.15, -0.1) is 0 Å². The zero-order valence-corrected chi connectivity index (χ0v) is 5.72. The fourth-order valence-electron chi connectivity index (χ4n) is 3.40. The van der Waals surface area contributed by atoms with Gasteiger partial charge in [0.25, 0.3) is 0 Å². The lowest BCUT2D eigenvalue weighted by Gasteiger charge is -2.23. The molecule has 4 bridgehead atoms. The molecule has 0 heterocycles. The third-order valence-corrected chi connectivity index (χ3v) is 3.61. The second-order valence-electron chi connectivity index (χ2n) is 4.19. The molecule has 0 aliphatic heterocycles. The number of hydrogen-bond acceptors (Lipinski definition) is 0. The fraction of sp³-hybridized carbons (Fsp3) is 0.889. The van der Waals surface area contributed by atoms with Crippen molar-refractivity contribution >= 4 is 0 Å². The van der Waals surface area contributed by atoms with Gasteiger partial charge in [0, 0.05) is 0 Å². The largest absolute Gasteiger partial charge is 0.0473 e. The molecule has 0 spiro atoms. The van der Waals surface area contributed by atoms with E-state index in [9.17, 15) is 0 Å². The van der Waals surface area contributed by atoms with Crippen molar-refractivity contribution in [1.82, 2.24) is 0 Å². The first-order chi connectivity index (χ1) is 4.42. The van der Waals surface area contributed by atoms with Gasteiger partial charge in [-0.1, -0.05) is 0 Å². The van der Waals surface area contributed by atoms with Gasteiger partial charge in [0.15, 0.2) is 0 Å². The Bertz CT molecular complexity index is 105. The summed E-state index contributed by atoms with van der Waals surface area (Å²) in [6.07, 6.45) is 8.89. The van der Waals surface area contributed by atoms with E-state index in [-0.39, 0.29) is 0 Å². The van der Waals surface area contributed by atoms with E-state index in [1.165, 1.54) is 0 Å². The maximum Gasteiger partial charge on any atom is -0.0321 e. The Hall–Kier alpha value is 0. The van der Waals surface area contributed by atoms with Gasteiger partial charge in [0.1, 0.15) is 0 Å². The summed E-state index contributed by atoms with van der Waals surface area (Å²) >= 11 is 0. The second-order valence-corrected chi connectivity index (χ2v) is 4.19. The van der Waals surface area contributed by atoms with Crippen LogP contribution in [0.1, 0.15) is 25.7 Å². The first-order valence-electron chi connectivity index (χ1n) is 4.27. The van der Waals surface area contributed by atoms with E-state index in [1.807, 2.05) is 0 Å². The third-order valence-electron chi connectivity index (χ3n) is 3.61. The molecule has 0 aromatic carbocycles. The van der Waals surface area contributed by atoms with Crippen LogP contribution in [-0.2, 0) is 0 Å². The highest BCUT2D eigenvalue weighted by atomic mass is 14.5. The molecule has 0 N–H and O–H groups in total. The van der Waals surface area contributed by atoms with Crippen LogP contribution < -0.4 is 0 Å². The average molecular weight is 121 g/mol. The Morgan fingerprint density at radius 2 is 2.00 bits per heavy atom. The summed E-state index contributed by atoms with van der Waals surface area (Å²) in [5, 5.41) is 0. The van der Waals surface area contributed by atoms with Crippen LogP contribution in [0.25, 0.3) is 0 Å². The van der Waals surface area contributed by atoms with Crippen LogP contribution in [0.15, 0.2) is 0 Å². The summed E-state index contributed by atoms with van der Waals surface area (Å²) in [7, 11) is 0. The van der Waals surface area contributed by atoms with E-state index < -0.39 is 0 Å². The molecule has 49 valence electrons. The molecule has 4 rings (SSSR count). The smallest absolute Gasteiger partial charge is 0.0321 e. The molecule has 0 nitrogen and oxygen atoms in total. The van der Waals surface area contributed by atoms with Crippen molar-refractivity contribution in [3.05, 3.63) is 6.42 Å². The van der Waals surface area contributed by atoms with Gasteiger partial charge in [-0.3, -0.25) is 0 Å². The van der Waals surface area contributed by atoms with Gasteiger partial charge in [0.05, 0.1) is 0 Å². The zero-order chi connectivity index (χ0) is 5.84. The third kappa shape index (κ3) is 0.500. The molecule has 0 aromatic rings. The van der Waals surface area contributed by atoms with Crippen LogP contribution in [-0.4, -0.2) is 0 Å². The Kier molecular flexibility index (Phi) is 0.717. The Balaban J connectivity index is 2.00. The highest BCUT2D eigenvalue weighted by Crippen LogP contribution is 2.57. The van der Waals surface area contributed by atoms with Crippen molar-refractivity contribution in [2.24, 2.45) is 23.7 Å². The lowest BCUT2D eigenvalue weighted by molar-refractivity contribution is 0.315. The summed E-state index contributed by atoms with van der Waals surface area (Å²) < 4.78 is 0. The summed E-state index contributed by atoms with van der Waals surface area (Å²) in [5.41, 5.74) is 0. The molecule has 0 aromatic heterocycles. The van der Waals surface area contributed by atoms with E-state index in [0.29, 0.717) is 0 Å². The van der Waals surface area contributed by atoms with Crippen LogP contribution in [0.3, 0.4) is 0 Å².